The molecule has 1 aromatic carbocycles. The van der Waals surface area contributed by atoms with Crippen LogP contribution in [0.4, 0.5) is 19.0 Å². The van der Waals surface area contributed by atoms with E-state index in [4.69, 9.17) is 10.5 Å². The predicted molar refractivity (Wildman–Crippen MR) is 100 cm³/mol. The highest BCUT2D eigenvalue weighted by atomic mass is 19.4. The molecule has 0 atom stereocenters. The van der Waals surface area contributed by atoms with Gasteiger partial charge in [-0.1, -0.05) is 12.1 Å². The van der Waals surface area contributed by atoms with Crippen LogP contribution in [0.3, 0.4) is 0 Å². The number of ether oxygens (including phenoxy) is 1. The molecule has 160 valence electrons. The van der Waals surface area contributed by atoms with Crippen molar-refractivity contribution in [1.29, 1.82) is 0 Å². The molecule has 3 rings (SSSR count). The Morgan fingerprint density at radius 2 is 1.65 bits per heavy atom. The number of nitrogens with zero attached hydrogens (tertiary/aromatic N) is 1. The Bertz CT molecular complexity index is 1240. The quantitative estimate of drug-likeness (QED) is 0.476. The summed E-state index contributed by atoms with van der Waals surface area (Å²) in [7, 11) is 0. The van der Waals surface area contributed by atoms with Crippen LogP contribution < -0.4 is 16.0 Å². The standard InChI is InChI=1S/C19H12F3N3O6/c20-19(21,22)10-2-1-7-24-16(10)31-9-5-3-8(4-6-9)11-12(17(27)28)14(23)25-15(26)13(11)18(29)30/h1-7H,(H,27,28)(H,29,30)(H3,23,25,26). The van der Waals surface area contributed by atoms with Crippen molar-refractivity contribution in [3.05, 3.63) is 69.6 Å². The van der Waals surface area contributed by atoms with Gasteiger partial charge in [0, 0.05) is 11.8 Å². The average Bonchev–Trinajstić information content (AvgIpc) is 2.67. The first-order valence-corrected chi connectivity index (χ1v) is 8.33. The molecule has 0 aliphatic heterocycles. The SMILES string of the molecule is Nc1[nH]c(=O)c(C(=O)O)c(-c2ccc(Oc3ncccc3C(F)(F)F)cc2)c1C(=O)O. The summed E-state index contributed by atoms with van der Waals surface area (Å²) in [4.78, 5) is 40.7. The molecule has 2 heterocycles. The van der Waals surface area contributed by atoms with E-state index in [1.54, 1.807) is 0 Å². The number of rotatable bonds is 5. The van der Waals surface area contributed by atoms with Gasteiger partial charge in [-0.2, -0.15) is 13.2 Å². The predicted octanol–water partition coefficient (Wildman–Crippen LogP) is 3.23. The first-order valence-electron chi connectivity index (χ1n) is 8.33. The Labute approximate surface area is 170 Å². The molecule has 9 nitrogen and oxygen atoms in total. The lowest BCUT2D eigenvalue weighted by atomic mass is 9.95. The van der Waals surface area contributed by atoms with Crippen LogP contribution in [-0.4, -0.2) is 32.1 Å². The van der Waals surface area contributed by atoms with E-state index >= 15 is 0 Å². The van der Waals surface area contributed by atoms with Crippen LogP contribution in [-0.2, 0) is 6.18 Å². The number of hydrogen-bond acceptors (Lipinski definition) is 6. The Kier molecular flexibility index (Phi) is 5.39. The molecular weight excluding hydrogens is 423 g/mol. The zero-order chi connectivity index (χ0) is 22.9. The zero-order valence-corrected chi connectivity index (χ0v) is 15.2. The maximum atomic E-state index is 13.1. The number of benzene rings is 1. The van der Waals surface area contributed by atoms with Gasteiger partial charge in [0.2, 0.25) is 5.88 Å². The van der Waals surface area contributed by atoms with E-state index in [1.807, 2.05) is 4.98 Å². The number of halogens is 3. The van der Waals surface area contributed by atoms with E-state index in [9.17, 15) is 37.8 Å². The number of aromatic nitrogens is 2. The van der Waals surface area contributed by atoms with Crippen LogP contribution in [0.15, 0.2) is 47.4 Å². The van der Waals surface area contributed by atoms with Crippen LogP contribution in [0.2, 0.25) is 0 Å². The van der Waals surface area contributed by atoms with Gasteiger partial charge in [0.1, 0.15) is 28.3 Å². The number of nitrogens with one attached hydrogen (secondary N) is 1. The minimum Gasteiger partial charge on any atom is -0.478 e. The third kappa shape index (κ3) is 4.17. The summed E-state index contributed by atoms with van der Waals surface area (Å²) < 4.78 is 44.4. The Balaban J connectivity index is 2.09. The minimum atomic E-state index is -4.71. The largest absolute Gasteiger partial charge is 0.478 e. The third-order valence-corrected chi connectivity index (χ3v) is 4.11. The second-order valence-corrected chi connectivity index (χ2v) is 6.08. The van der Waals surface area contributed by atoms with Crippen molar-refractivity contribution in [3.63, 3.8) is 0 Å². The highest BCUT2D eigenvalue weighted by molar-refractivity contribution is 6.07. The molecule has 3 aromatic rings. The number of nitrogens with two attached hydrogens (primary N) is 1. The Morgan fingerprint density at radius 1 is 1.03 bits per heavy atom. The summed E-state index contributed by atoms with van der Waals surface area (Å²) in [6.45, 7) is 0. The number of aromatic amines is 1. The average molecular weight is 435 g/mol. The van der Waals surface area contributed by atoms with Crippen molar-refractivity contribution in [2.24, 2.45) is 0 Å². The zero-order valence-electron chi connectivity index (χ0n) is 15.2. The number of pyridine rings is 2. The number of carboxylic acid groups (broad SMARTS) is 2. The van der Waals surface area contributed by atoms with Gasteiger partial charge in [0.15, 0.2) is 0 Å². The highest BCUT2D eigenvalue weighted by Crippen LogP contribution is 2.37. The number of carbonyl (C=O) groups is 2. The lowest BCUT2D eigenvalue weighted by molar-refractivity contribution is -0.138. The minimum absolute atomic E-state index is 0.0305. The maximum absolute atomic E-state index is 13.1. The summed E-state index contributed by atoms with van der Waals surface area (Å²) in [5.41, 5.74) is 1.34. The van der Waals surface area contributed by atoms with Crippen LogP contribution >= 0.6 is 0 Å². The topological polar surface area (TPSA) is 156 Å². The molecule has 0 aliphatic carbocycles. The van der Waals surface area contributed by atoms with E-state index in [0.29, 0.717) is 0 Å². The maximum Gasteiger partial charge on any atom is 0.421 e. The smallest absolute Gasteiger partial charge is 0.421 e. The van der Waals surface area contributed by atoms with Crippen molar-refractivity contribution in [3.8, 4) is 22.8 Å². The molecule has 0 radical (unpaired) electrons. The number of hydrogen-bond donors (Lipinski definition) is 4. The van der Waals surface area contributed by atoms with Gasteiger partial charge in [-0.15, -0.1) is 0 Å². The Morgan fingerprint density at radius 3 is 2.19 bits per heavy atom. The fraction of sp³-hybridized carbons (Fsp3) is 0.0526. The molecule has 0 saturated carbocycles. The van der Waals surface area contributed by atoms with Crippen molar-refractivity contribution < 1.29 is 37.7 Å². The van der Waals surface area contributed by atoms with E-state index in [0.717, 1.165) is 18.3 Å². The highest BCUT2D eigenvalue weighted by Gasteiger charge is 2.35. The summed E-state index contributed by atoms with van der Waals surface area (Å²) in [6.07, 6.45) is -3.60. The number of alkyl halides is 3. The summed E-state index contributed by atoms with van der Waals surface area (Å²) in [5.74, 6) is -4.64. The molecule has 2 aromatic heterocycles. The van der Waals surface area contributed by atoms with E-state index in [2.05, 4.69) is 4.98 Å². The van der Waals surface area contributed by atoms with Crippen LogP contribution in [0, 0.1) is 0 Å². The van der Waals surface area contributed by atoms with Gasteiger partial charge in [0.25, 0.3) is 5.56 Å². The first-order chi connectivity index (χ1) is 14.5. The number of aromatic carboxylic acids is 2. The summed E-state index contributed by atoms with van der Waals surface area (Å²) >= 11 is 0. The molecule has 0 amide bonds. The fourth-order valence-corrected chi connectivity index (χ4v) is 2.82. The van der Waals surface area contributed by atoms with Gasteiger partial charge in [-0.05, 0) is 29.8 Å². The molecule has 0 aliphatic rings. The van der Waals surface area contributed by atoms with Gasteiger partial charge in [-0.25, -0.2) is 14.6 Å². The molecule has 5 N–H and O–H groups in total. The van der Waals surface area contributed by atoms with Gasteiger partial charge < -0.3 is 25.7 Å². The van der Waals surface area contributed by atoms with Crippen molar-refractivity contribution >= 4 is 17.8 Å². The second kappa shape index (κ2) is 7.82. The van der Waals surface area contributed by atoms with E-state index in [-0.39, 0.29) is 11.3 Å². The number of carboxylic acids is 2. The summed E-state index contributed by atoms with van der Waals surface area (Å²) in [5, 5.41) is 18.8. The van der Waals surface area contributed by atoms with E-state index < -0.39 is 57.6 Å². The lowest BCUT2D eigenvalue weighted by Gasteiger charge is -2.14. The molecular formula is C19H12F3N3O6. The van der Waals surface area contributed by atoms with Crippen molar-refractivity contribution in [2.75, 3.05) is 5.73 Å². The molecule has 12 heteroatoms. The van der Waals surface area contributed by atoms with E-state index in [1.165, 1.54) is 24.3 Å². The Hall–Kier alpha value is -4.35. The second-order valence-electron chi connectivity index (χ2n) is 6.08. The normalized spacial score (nSPS) is 11.2. The fourth-order valence-electron chi connectivity index (χ4n) is 2.82. The third-order valence-electron chi connectivity index (χ3n) is 4.11. The van der Waals surface area contributed by atoms with Crippen LogP contribution in [0.1, 0.15) is 26.3 Å². The van der Waals surface area contributed by atoms with Crippen molar-refractivity contribution in [2.45, 2.75) is 6.18 Å². The van der Waals surface area contributed by atoms with Crippen molar-refractivity contribution in [1.82, 2.24) is 9.97 Å². The lowest BCUT2D eigenvalue weighted by Crippen LogP contribution is -2.24. The number of H-pyrrole nitrogens is 1. The van der Waals surface area contributed by atoms with Crippen LogP contribution in [0.5, 0.6) is 11.6 Å². The number of anilines is 1. The molecule has 0 bridgehead atoms. The van der Waals surface area contributed by atoms with Crippen LogP contribution in [0.25, 0.3) is 11.1 Å². The van der Waals surface area contributed by atoms with Gasteiger partial charge >= 0.3 is 18.1 Å². The molecule has 0 saturated heterocycles. The summed E-state index contributed by atoms with van der Waals surface area (Å²) in [6, 6.07) is 6.57. The molecule has 0 spiro atoms. The molecule has 0 fully saturated rings. The van der Waals surface area contributed by atoms with Gasteiger partial charge in [-0.3, -0.25) is 4.79 Å². The molecule has 31 heavy (non-hydrogen) atoms. The molecule has 0 unspecified atom stereocenters. The number of nitrogen functional groups attached to an aromatic ring is 1. The monoisotopic (exact) mass is 435 g/mol. The van der Waals surface area contributed by atoms with Gasteiger partial charge in [0.05, 0.1) is 0 Å². The first kappa shape index (κ1) is 21.4.